The molecule has 1 aromatic carbocycles. The van der Waals surface area contributed by atoms with Gasteiger partial charge in [0, 0.05) is 31.9 Å². The Bertz CT molecular complexity index is 973. The van der Waals surface area contributed by atoms with E-state index in [2.05, 4.69) is 46.2 Å². The quantitative estimate of drug-likeness (QED) is 0.688. The number of halogens is 3. The maximum absolute atomic E-state index is 13.1. The fraction of sp³-hybridized carbons (Fsp3) is 0.389. The van der Waals surface area contributed by atoms with Crippen LogP contribution in [0.3, 0.4) is 0 Å². The number of aryl methyl sites for hydroxylation is 1. The van der Waals surface area contributed by atoms with Crippen molar-refractivity contribution >= 4 is 17.2 Å². The molecule has 0 bridgehead atoms. The maximum Gasteiger partial charge on any atom is 0.453 e. The van der Waals surface area contributed by atoms with E-state index in [9.17, 15) is 13.2 Å². The molecule has 3 heterocycles. The van der Waals surface area contributed by atoms with Crippen LogP contribution < -0.4 is 9.80 Å². The highest BCUT2D eigenvalue weighted by molar-refractivity contribution is 5.57. The molecule has 3 aromatic rings. The Hall–Kier alpha value is -2.84. The molecular weight excluding hydrogens is 357 g/mol. The smallest absolute Gasteiger partial charge is 0.368 e. The SMILES string of the molecule is Cc1cccc(N2CCN(c3ccc4nnc(C(F)(F)F)n4n3)CC2)c1C. The molecule has 0 spiro atoms. The summed E-state index contributed by atoms with van der Waals surface area (Å²) in [4.78, 5) is 4.29. The van der Waals surface area contributed by atoms with Gasteiger partial charge in [0.05, 0.1) is 0 Å². The van der Waals surface area contributed by atoms with Crippen molar-refractivity contribution in [3.05, 3.63) is 47.3 Å². The average molecular weight is 376 g/mol. The zero-order valence-corrected chi connectivity index (χ0v) is 15.0. The summed E-state index contributed by atoms with van der Waals surface area (Å²) in [5.41, 5.74) is 3.79. The molecule has 0 amide bonds. The van der Waals surface area contributed by atoms with Gasteiger partial charge in [-0.05, 0) is 43.2 Å². The highest BCUT2D eigenvalue weighted by atomic mass is 19.4. The van der Waals surface area contributed by atoms with Gasteiger partial charge in [-0.2, -0.15) is 17.7 Å². The third kappa shape index (κ3) is 3.17. The van der Waals surface area contributed by atoms with Gasteiger partial charge >= 0.3 is 6.18 Å². The second kappa shape index (κ2) is 6.40. The molecule has 2 aromatic heterocycles. The number of anilines is 2. The molecule has 0 saturated carbocycles. The Labute approximate surface area is 154 Å². The number of aromatic nitrogens is 4. The molecular formula is C18H19F3N6. The second-order valence-corrected chi connectivity index (χ2v) is 6.68. The van der Waals surface area contributed by atoms with E-state index in [1.54, 1.807) is 6.07 Å². The highest BCUT2D eigenvalue weighted by Gasteiger charge is 2.37. The summed E-state index contributed by atoms with van der Waals surface area (Å²) in [6, 6.07) is 9.45. The summed E-state index contributed by atoms with van der Waals surface area (Å²) >= 11 is 0. The molecule has 142 valence electrons. The molecule has 0 N–H and O–H groups in total. The number of piperazine rings is 1. The van der Waals surface area contributed by atoms with Gasteiger partial charge in [0.2, 0.25) is 0 Å². The van der Waals surface area contributed by atoms with Crippen LogP contribution in [0.25, 0.3) is 5.65 Å². The third-order valence-corrected chi connectivity index (χ3v) is 5.02. The van der Waals surface area contributed by atoms with E-state index >= 15 is 0 Å². The molecule has 27 heavy (non-hydrogen) atoms. The Balaban J connectivity index is 1.55. The predicted octanol–water partition coefficient (Wildman–Crippen LogP) is 3.09. The topological polar surface area (TPSA) is 49.6 Å². The van der Waals surface area contributed by atoms with Gasteiger partial charge in [0.25, 0.3) is 5.82 Å². The minimum atomic E-state index is -4.59. The van der Waals surface area contributed by atoms with E-state index in [1.165, 1.54) is 22.9 Å². The van der Waals surface area contributed by atoms with Crippen LogP contribution in [0.1, 0.15) is 17.0 Å². The van der Waals surface area contributed by atoms with Gasteiger partial charge in [-0.25, -0.2) is 0 Å². The van der Waals surface area contributed by atoms with Crippen molar-refractivity contribution in [1.82, 2.24) is 19.8 Å². The van der Waals surface area contributed by atoms with Crippen molar-refractivity contribution in [2.45, 2.75) is 20.0 Å². The highest BCUT2D eigenvalue weighted by Crippen LogP contribution is 2.28. The van der Waals surface area contributed by atoms with Crippen molar-refractivity contribution in [3.8, 4) is 0 Å². The van der Waals surface area contributed by atoms with Crippen molar-refractivity contribution in [1.29, 1.82) is 0 Å². The summed E-state index contributed by atoms with van der Waals surface area (Å²) in [5, 5.41) is 10.9. The normalized spacial score (nSPS) is 15.6. The van der Waals surface area contributed by atoms with E-state index < -0.39 is 12.0 Å². The second-order valence-electron chi connectivity index (χ2n) is 6.68. The van der Waals surface area contributed by atoms with Gasteiger partial charge in [-0.3, -0.25) is 0 Å². The molecule has 4 rings (SSSR count). The molecule has 0 atom stereocenters. The average Bonchev–Trinajstić information content (AvgIpc) is 3.08. The lowest BCUT2D eigenvalue weighted by Crippen LogP contribution is -2.47. The number of hydrogen-bond donors (Lipinski definition) is 0. The molecule has 1 fully saturated rings. The molecule has 1 saturated heterocycles. The van der Waals surface area contributed by atoms with Crippen LogP contribution in [-0.4, -0.2) is 46.0 Å². The summed E-state index contributed by atoms with van der Waals surface area (Å²) < 4.78 is 39.9. The monoisotopic (exact) mass is 376 g/mol. The van der Waals surface area contributed by atoms with Crippen molar-refractivity contribution in [2.75, 3.05) is 36.0 Å². The summed E-state index contributed by atoms with van der Waals surface area (Å²) in [7, 11) is 0. The molecule has 0 radical (unpaired) electrons. The van der Waals surface area contributed by atoms with E-state index in [1.807, 2.05) is 11.0 Å². The maximum atomic E-state index is 13.1. The van der Waals surface area contributed by atoms with Crippen LogP contribution in [0, 0.1) is 13.8 Å². The van der Waals surface area contributed by atoms with Crippen LogP contribution >= 0.6 is 0 Å². The van der Waals surface area contributed by atoms with Crippen LogP contribution in [0.15, 0.2) is 30.3 Å². The first kappa shape index (κ1) is 17.6. The summed E-state index contributed by atoms with van der Waals surface area (Å²) in [6.07, 6.45) is -4.59. The lowest BCUT2D eigenvalue weighted by molar-refractivity contribution is -0.146. The minimum Gasteiger partial charge on any atom is -0.368 e. The summed E-state index contributed by atoms with van der Waals surface area (Å²) in [6.45, 7) is 7.10. The zero-order chi connectivity index (χ0) is 19.2. The first-order valence-corrected chi connectivity index (χ1v) is 8.70. The molecule has 0 unspecified atom stereocenters. The first-order chi connectivity index (χ1) is 12.8. The van der Waals surface area contributed by atoms with Crippen LogP contribution in [0.5, 0.6) is 0 Å². The molecule has 6 nitrogen and oxygen atoms in total. The van der Waals surface area contributed by atoms with Gasteiger partial charge in [-0.15, -0.1) is 15.3 Å². The Morgan fingerprint density at radius 2 is 1.59 bits per heavy atom. The van der Waals surface area contributed by atoms with Gasteiger partial charge in [0.1, 0.15) is 5.82 Å². The van der Waals surface area contributed by atoms with Crippen molar-refractivity contribution in [3.63, 3.8) is 0 Å². The Kier molecular flexibility index (Phi) is 4.16. The number of benzene rings is 1. The summed E-state index contributed by atoms with van der Waals surface area (Å²) in [5.74, 6) is -0.609. The van der Waals surface area contributed by atoms with E-state index in [0.717, 1.165) is 17.6 Å². The van der Waals surface area contributed by atoms with Crippen molar-refractivity contribution < 1.29 is 13.2 Å². The molecule has 0 aliphatic carbocycles. The van der Waals surface area contributed by atoms with Gasteiger partial charge < -0.3 is 9.80 Å². The number of nitrogens with zero attached hydrogens (tertiary/aromatic N) is 6. The molecule has 1 aliphatic heterocycles. The Morgan fingerprint density at radius 3 is 2.30 bits per heavy atom. The van der Waals surface area contributed by atoms with Crippen LogP contribution in [0.2, 0.25) is 0 Å². The lowest BCUT2D eigenvalue weighted by Gasteiger charge is -2.37. The number of fused-ring (bicyclic) bond motifs is 1. The number of rotatable bonds is 2. The van der Waals surface area contributed by atoms with Crippen LogP contribution in [-0.2, 0) is 6.18 Å². The molecule has 1 aliphatic rings. The van der Waals surface area contributed by atoms with Crippen molar-refractivity contribution in [2.24, 2.45) is 0 Å². The molecule has 9 heteroatoms. The largest absolute Gasteiger partial charge is 0.453 e. The fourth-order valence-electron chi connectivity index (χ4n) is 3.38. The fourth-order valence-corrected chi connectivity index (χ4v) is 3.38. The van der Waals surface area contributed by atoms with E-state index in [0.29, 0.717) is 18.9 Å². The van der Waals surface area contributed by atoms with Crippen LogP contribution in [0.4, 0.5) is 24.7 Å². The number of hydrogen-bond acceptors (Lipinski definition) is 5. The van der Waals surface area contributed by atoms with E-state index in [-0.39, 0.29) is 5.65 Å². The lowest BCUT2D eigenvalue weighted by atomic mass is 10.1. The Morgan fingerprint density at radius 1 is 0.889 bits per heavy atom. The zero-order valence-electron chi connectivity index (χ0n) is 15.0. The predicted molar refractivity (Wildman–Crippen MR) is 96.1 cm³/mol. The number of alkyl halides is 3. The standard InChI is InChI=1S/C18H19F3N6/c1-12-4-3-5-14(13(12)2)25-8-10-26(11-9-25)16-7-6-15-22-23-17(18(19,20)21)27(15)24-16/h3-7H,8-11H2,1-2H3. The van der Waals surface area contributed by atoms with Gasteiger partial charge in [-0.1, -0.05) is 12.1 Å². The van der Waals surface area contributed by atoms with Gasteiger partial charge in [0.15, 0.2) is 5.65 Å². The van der Waals surface area contributed by atoms with E-state index in [4.69, 9.17) is 0 Å². The minimum absolute atomic E-state index is 0.0834. The first-order valence-electron chi connectivity index (χ1n) is 8.70. The third-order valence-electron chi connectivity index (χ3n) is 5.02.